The van der Waals surface area contributed by atoms with Gasteiger partial charge in [0.2, 0.25) is 17.0 Å². The van der Waals surface area contributed by atoms with Crippen LogP contribution in [0.2, 0.25) is 0 Å². The summed E-state index contributed by atoms with van der Waals surface area (Å²) in [6.45, 7) is 7.34. The van der Waals surface area contributed by atoms with Crippen molar-refractivity contribution in [1.82, 2.24) is 39.4 Å². The van der Waals surface area contributed by atoms with Gasteiger partial charge in [-0.25, -0.2) is 4.68 Å². The number of carbonyl (C=O) groups is 2. The average molecular weight is 650 g/mol. The second kappa shape index (κ2) is 17.6. The molecule has 1 saturated heterocycles. The third-order valence-corrected chi connectivity index (χ3v) is 9.33. The molecule has 13 heteroatoms. The molecule has 2 aromatic carbocycles. The number of aromatic nitrogens is 6. The first-order chi connectivity index (χ1) is 21.9. The zero-order valence-electron chi connectivity index (χ0n) is 26.3. The Hall–Kier alpha value is -3.84. The summed E-state index contributed by atoms with van der Waals surface area (Å²) in [5.41, 5.74) is 1.94. The van der Waals surface area contributed by atoms with Crippen molar-refractivity contribution in [2.45, 2.75) is 56.3 Å². The molecule has 2 aromatic heterocycles. The number of nitrogens with zero attached hydrogens (tertiary/aromatic N) is 8. The molecule has 11 nitrogen and oxygen atoms in total. The van der Waals surface area contributed by atoms with Gasteiger partial charge in [0.15, 0.2) is 16.8 Å². The van der Waals surface area contributed by atoms with Gasteiger partial charge in [0.1, 0.15) is 0 Å². The van der Waals surface area contributed by atoms with E-state index < -0.39 is 0 Å². The highest BCUT2D eigenvalue weighted by atomic mass is 32.2. The molecule has 0 saturated carbocycles. The number of hydrogen-bond donors (Lipinski definition) is 1. The molecular weight excluding hydrogens is 607 g/mol. The topological polar surface area (TPSA) is 128 Å². The summed E-state index contributed by atoms with van der Waals surface area (Å²) in [6, 6.07) is 19.6. The summed E-state index contributed by atoms with van der Waals surface area (Å²) >= 11 is 2.78. The van der Waals surface area contributed by atoms with Gasteiger partial charge in [-0.1, -0.05) is 104 Å². The first-order valence-electron chi connectivity index (χ1n) is 15.4. The second-order valence-corrected chi connectivity index (χ2v) is 12.5. The Morgan fingerprint density at radius 3 is 1.93 bits per heavy atom. The van der Waals surface area contributed by atoms with Crippen molar-refractivity contribution in [2.24, 2.45) is 7.05 Å². The lowest BCUT2D eigenvalue weighted by Crippen LogP contribution is -2.33. The van der Waals surface area contributed by atoms with Crippen LogP contribution in [0.15, 0.2) is 71.0 Å². The van der Waals surface area contributed by atoms with Crippen LogP contribution in [0.1, 0.15) is 46.0 Å². The molecule has 0 atom stereocenters. The van der Waals surface area contributed by atoms with Crippen LogP contribution < -0.4 is 5.84 Å². The standard InChI is InChI=1S/C17H22N4OS.C15H21N5OS/c1-20-16(14-9-5-4-6-10-14)18-19-17(20)23-13-15(22)21-11-7-2-3-8-12-21;1-3-10-19(4-2)13(21)11-22-15-18-17-14(20(15)16)12-8-6-5-7-9-12/h4-6,9-10H,2-3,7-8,11-13H2,1H3;5-9H,3-4,10-11,16H2,1-2H3. The molecule has 1 aliphatic heterocycles. The molecule has 2 N–H and O–H groups in total. The number of thioether (sulfide) groups is 2. The van der Waals surface area contributed by atoms with E-state index in [1.165, 1.54) is 41.0 Å². The van der Waals surface area contributed by atoms with Gasteiger partial charge in [-0.2, -0.15) is 0 Å². The molecule has 3 heterocycles. The summed E-state index contributed by atoms with van der Waals surface area (Å²) in [6.07, 6.45) is 5.67. The Morgan fingerprint density at radius 2 is 1.33 bits per heavy atom. The third-order valence-electron chi connectivity index (χ3n) is 7.40. The van der Waals surface area contributed by atoms with Crippen molar-refractivity contribution in [2.75, 3.05) is 43.5 Å². The Balaban J connectivity index is 0.000000205. The molecule has 1 fully saturated rings. The summed E-state index contributed by atoms with van der Waals surface area (Å²) in [5, 5.41) is 18.0. The maximum atomic E-state index is 12.4. The van der Waals surface area contributed by atoms with Gasteiger partial charge < -0.3 is 20.2 Å². The van der Waals surface area contributed by atoms with Crippen LogP contribution >= 0.6 is 23.5 Å². The van der Waals surface area contributed by atoms with Gasteiger partial charge in [0.25, 0.3) is 0 Å². The van der Waals surface area contributed by atoms with Crippen LogP contribution in [0, 0.1) is 0 Å². The normalized spacial score (nSPS) is 13.1. The molecule has 2 amide bonds. The lowest BCUT2D eigenvalue weighted by Gasteiger charge is -2.19. The van der Waals surface area contributed by atoms with E-state index in [4.69, 9.17) is 5.84 Å². The van der Waals surface area contributed by atoms with E-state index in [0.717, 1.165) is 67.5 Å². The zero-order chi connectivity index (χ0) is 32.0. The third kappa shape index (κ3) is 9.57. The lowest BCUT2D eigenvalue weighted by molar-refractivity contribution is -0.129. The van der Waals surface area contributed by atoms with Gasteiger partial charge in [0, 0.05) is 44.4 Å². The molecule has 1 aliphatic rings. The van der Waals surface area contributed by atoms with Crippen LogP contribution in [0.5, 0.6) is 0 Å². The highest BCUT2D eigenvalue weighted by Gasteiger charge is 2.18. The molecule has 0 aliphatic carbocycles. The number of rotatable bonds is 11. The first-order valence-corrected chi connectivity index (χ1v) is 17.4. The maximum Gasteiger partial charge on any atom is 0.233 e. The van der Waals surface area contributed by atoms with Crippen molar-refractivity contribution in [3.8, 4) is 22.8 Å². The number of nitrogens with two attached hydrogens (primary N) is 1. The van der Waals surface area contributed by atoms with E-state index in [0.29, 0.717) is 22.5 Å². The fourth-order valence-corrected chi connectivity index (χ4v) is 6.50. The first kappa shape index (κ1) is 34.0. The zero-order valence-corrected chi connectivity index (χ0v) is 28.0. The van der Waals surface area contributed by atoms with Crippen molar-refractivity contribution < 1.29 is 9.59 Å². The summed E-state index contributed by atoms with van der Waals surface area (Å²) in [7, 11) is 1.95. The minimum absolute atomic E-state index is 0.0959. The van der Waals surface area contributed by atoms with Crippen LogP contribution in [-0.4, -0.2) is 88.9 Å². The molecule has 0 radical (unpaired) electrons. The molecule has 45 heavy (non-hydrogen) atoms. The quantitative estimate of drug-likeness (QED) is 0.177. The van der Waals surface area contributed by atoms with Crippen molar-refractivity contribution >= 4 is 35.3 Å². The van der Waals surface area contributed by atoms with E-state index >= 15 is 0 Å². The van der Waals surface area contributed by atoms with Crippen LogP contribution in [0.25, 0.3) is 22.8 Å². The number of nitrogen functional groups attached to an aromatic ring is 1. The van der Waals surface area contributed by atoms with Crippen LogP contribution in [0.4, 0.5) is 0 Å². The fourth-order valence-electron chi connectivity index (χ4n) is 4.92. The fraction of sp³-hybridized carbons (Fsp3) is 0.438. The van der Waals surface area contributed by atoms with E-state index in [-0.39, 0.29) is 11.8 Å². The Kier molecular flexibility index (Phi) is 13.3. The lowest BCUT2D eigenvalue weighted by atomic mass is 10.2. The van der Waals surface area contributed by atoms with Crippen LogP contribution in [-0.2, 0) is 16.6 Å². The predicted octanol–water partition coefficient (Wildman–Crippen LogP) is 4.99. The van der Waals surface area contributed by atoms with E-state index in [1.54, 1.807) is 0 Å². The monoisotopic (exact) mass is 649 g/mol. The second-order valence-electron chi connectivity index (χ2n) is 10.6. The number of likely N-dealkylation sites (tertiary alicyclic amines) is 1. The van der Waals surface area contributed by atoms with Gasteiger partial charge >= 0.3 is 0 Å². The SMILES string of the molecule is CCCN(CC)C(=O)CSc1nnc(-c2ccccc2)n1N.Cn1c(SCC(=O)N2CCCCCC2)nnc1-c1ccccc1. The molecule has 0 spiro atoms. The van der Waals surface area contributed by atoms with Crippen LogP contribution in [0.3, 0.4) is 0 Å². The van der Waals surface area contributed by atoms with E-state index in [1.807, 2.05) is 89.0 Å². The molecule has 5 rings (SSSR count). The summed E-state index contributed by atoms with van der Waals surface area (Å²) in [4.78, 5) is 28.3. The predicted molar refractivity (Wildman–Crippen MR) is 181 cm³/mol. The minimum atomic E-state index is 0.0959. The van der Waals surface area contributed by atoms with Gasteiger partial charge in [-0.15, -0.1) is 20.4 Å². The largest absolute Gasteiger partial charge is 0.342 e. The van der Waals surface area contributed by atoms with Crippen molar-refractivity contribution in [1.29, 1.82) is 0 Å². The molecule has 0 unspecified atom stereocenters. The molecular formula is C32H43N9O2S2. The Bertz CT molecular complexity index is 1490. The highest BCUT2D eigenvalue weighted by Crippen LogP contribution is 2.24. The average Bonchev–Trinajstić information content (AvgIpc) is 3.50. The number of hydrogen-bond acceptors (Lipinski definition) is 9. The van der Waals surface area contributed by atoms with E-state index in [2.05, 4.69) is 27.3 Å². The molecule has 240 valence electrons. The smallest absolute Gasteiger partial charge is 0.233 e. The molecule has 0 bridgehead atoms. The Morgan fingerprint density at radius 1 is 0.778 bits per heavy atom. The van der Waals surface area contributed by atoms with Crippen molar-refractivity contribution in [3.05, 3.63) is 60.7 Å². The maximum absolute atomic E-state index is 12.4. The molecule has 4 aromatic rings. The summed E-state index contributed by atoms with van der Waals surface area (Å²) < 4.78 is 3.39. The van der Waals surface area contributed by atoms with Gasteiger partial charge in [0.05, 0.1) is 11.5 Å². The van der Waals surface area contributed by atoms with Gasteiger partial charge in [-0.05, 0) is 26.2 Å². The van der Waals surface area contributed by atoms with Gasteiger partial charge in [-0.3, -0.25) is 9.59 Å². The minimum Gasteiger partial charge on any atom is -0.342 e. The van der Waals surface area contributed by atoms with E-state index in [9.17, 15) is 9.59 Å². The number of amides is 2. The number of carbonyl (C=O) groups excluding carboxylic acids is 2. The Labute approximate surface area is 273 Å². The van der Waals surface area contributed by atoms with Crippen molar-refractivity contribution in [3.63, 3.8) is 0 Å². The number of benzene rings is 2. The highest BCUT2D eigenvalue weighted by molar-refractivity contribution is 8.00. The summed E-state index contributed by atoms with van der Waals surface area (Å²) in [5.74, 6) is 8.51.